The van der Waals surface area contributed by atoms with E-state index in [1.807, 2.05) is 27.7 Å². The Hall–Kier alpha value is -1.51. The zero-order valence-corrected chi connectivity index (χ0v) is 21.1. The first-order chi connectivity index (χ1) is 15.3. The maximum atomic E-state index is 13.6. The summed E-state index contributed by atoms with van der Waals surface area (Å²) in [6.07, 6.45) is -0.373. The maximum Gasteiger partial charge on any atom is 0.319 e. The lowest BCUT2D eigenvalue weighted by Crippen LogP contribution is -2.56. The molecule has 0 spiro atoms. The molecular formula is C25H41NO7. The molecule has 4 fully saturated rings. The number of aliphatic hydroxyl groups is 1. The number of carbonyl (C=O) groups is 3. The zero-order chi connectivity index (χ0) is 24.8. The van der Waals surface area contributed by atoms with Crippen molar-refractivity contribution in [2.75, 3.05) is 13.2 Å². The van der Waals surface area contributed by atoms with Crippen LogP contribution in [0.3, 0.4) is 0 Å². The molecule has 0 amide bonds. The van der Waals surface area contributed by atoms with Gasteiger partial charge in [-0.25, -0.2) is 0 Å². The fraction of sp³-hybridized carbons (Fsp3) is 0.880. The number of hydrogen-bond acceptors (Lipinski definition) is 8. The Bertz CT molecular complexity index is 787. The Kier molecular flexibility index (Phi) is 7.33. The van der Waals surface area contributed by atoms with Crippen molar-refractivity contribution in [2.24, 2.45) is 23.2 Å². The predicted octanol–water partition coefficient (Wildman–Crippen LogP) is 2.40. The highest BCUT2D eigenvalue weighted by molar-refractivity contribution is 6.04. The van der Waals surface area contributed by atoms with Crippen LogP contribution >= 0.6 is 0 Å². The van der Waals surface area contributed by atoms with Crippen LogP contribution in [-0.2, 0) is 28.6 Å². The third-order valence-electron chi connectivity index (χ3n) is 8.40. The van der Waals surface area contributed by atoms with E-state index < -0.39 is 40.7 Å². The highest BCUT2D eigenvalue weighted by atomic mass is 16.6. The number of fused-ring (bicyclic) bond motifs is 10. The Morgan fingerprint density at radius 1 is 1.12 bits per heavy atom. The van der Waals surface area contributed by atoms with E-state index in [0.717, 1.165) is 0 Å². The van der Waals surface area contributed by atoms with Crippen LogP contribution in [0.2, 0.25) is 0 Å². The van der Waals surface area contributed by atoms with E-state index in [4.69, 9.17) is 14.2 Å². The summed E-state index contributed by atoms with van der Waals surface area (Å²) in [5.41, 5.74) is -3.38. The van der Waals surface area contributed by atoms with Gasteiger partial charge >= 0.3 is 11.9 Å². The SMILES string of the molecule is CC[C@H]1OC(=O)[C@]2(C)CCO[C@@](C)(C[C@@H](C)CN[C@H](C)[C@H]3CC(=O)O[C@@]31C)[C@H](O)[C@@H](C)C2=O. The second-order valence-electron chi connectivity index (χ2n) is 11.1. The molecule has 0 aromatic carbocycles. The Morgan fingerprint density at radius 3 is 2.42 bits per heavy atom. The van der Waals surface area contributed by atoms with E-state index >= 15 is 0 Å². The Balaban J connectivity index is 2.06. The third-order valence-corrected chi connectivity index (χ3v) is 8.40. The van der Waals surface area contributed by atoms with Crippen LogP contribution in [-0.4, -0.2) is 65.4 Å². The second kappa shape index (κ2) is 9.27. The maximum absolute atomic E-state index is 13.6. The largest absolute Gasteiger partial charge is 0.457 e. The molecule has 33 heavy (non-hydrogen) atoms. The monoisotopic (exact) mass is 467 g/mol. The minimum absolute atomic E-state index is 0.0732. The smallest absolute Gasteiger partial charge is 0.319 e. The first kappa shape index (κ1) is 26.1. The molecular weight excluding hydrogens is 426 g/mol. The van der Waals surface area contributed by atoms with Crippen LogP contribution in [0.15, 0.2) is 0 Å². The fourth-order valence-corrected chi connectivity index (χ4v) is 6.13. The van der Waals surface area contributed by atoms with Crippen molar-refractivity contribution in [1.82, 2.24) is 5.32 Å². The number of rotatable bonds is 1. The lowest BCUT2D eigenvalue weighted by atomic mass is 9.71. The zero-order valence-electron chi connectivity index (χ0n) is 21.1. The molecule has 0 aromatic heterocycles. The van der Waals surface area contributed by atoms with Crippen LogP contribution in [0.25, 0.3) is 0 Å². The number of ether oxygens (including phenoxy) is 3. The standard InChI is InChI=1S/C25H41NO7/c1-8-18-25(7)17(11-19(27)33-25)16(4)26-13-14(2)12-24(6)21(29)15(3)20(28)23(5,9-10-31-24)22(30)32-18/h14-18,21,26,29H,8-13H2,1-7H3/t14-,15+,16-,17-,18-,21-,23-,24+,25+/m1/s1. The molecule has 4 rings (SSSR count). The summed E-state index contributed by atoms with van der Waals surface area (Å²) in [6, 6.07) is -0.0732. The van der Waals surface area contributed by atoms with Crippen molar-refractivity contribution in [3.05, 3.63) is 0 Å². The summed E-state index contributed by atoms with van der Waals surface area (Å²) in [6.45, 7) is 13.7. The van der Waals surface area contributed by atoms with Gasteiger partial charge in [0.2, 0.25) is 0 Å². The number of esters is 2. The van der Waals surface area contributed by atoms with Crippen molar-refractivity contribution < 1.29 is 33.7 Å². The summed E-state index contributed by atoms with van der Waals surface area (Å²) in [7, 11) is 0. The number of nitrogens with one attached hydrogen (secondary N) is 1. The van der Waals surface area contributed by atoms with Crippen LogP contribution < -0.4 is 5.32 Å². The van der Waals surface area contributed by atoms with E-state index in [9.17, 15) is 19.5 Å². The van der Waals surface area contributed by atoms with Crippen molar-refractivity contribution >= 4 is 17.7 Å². The number of hydrogen-bond donors (Lipinski definition) is 2. The molecule has 0 aromatic rings. The molecule has 4 saturated heterocycles. The average molecular weight is 468 g/mol. The summed E-state index contributed by atoms with van der Waals surface area (Å²) in [5, 5.41) is 14.7. The summed E-state index contributed by atoms with van der Waals surface area (Å²) < 4.78 is 17.9. The van der Waals surface area contributed by atoms with Crippen LogP contribution in [0.1, 0.15) is 74.1 Å². The molecule has 188 valence electrons. The molecule has 0 radical (unpaired) electrons. The van der Waals surface area contributed by atoms with Gasteiger partial charge in [0, 0.05) is 24.5 Å². The molecule has 4 aliphatic rings. The van der Waals surface area contributed by atoms with Gasteiger partial charge in [-0.15, -0.1) is 0 Å². The van der Waals surface area contributed by atoms with E-state index in [1.165, 1.54) is 0 Å². The number of ketones is 1. The van der Waals surface area contributed by atoms with Gasteiger partial charge in [-0.1, -0.05) is 20.8 Å². The van der Waals surface area contributed by atoms with Crippen molar-refractivity contribution in [3.8, 4) is 0 Å². The van der Waals surface area contributed by atoms with E-state index in [-0.39, 0.29) is 49.1 Å². The molecule has 4 heterocycles. The predicted molar refractivity (Wildman–Crippen MR) is 121 cm³/mol. The molecule has 2 bridgehead atoms. The quantitative estimate of drug-likeness (QED) is 0.447. The second-order valence-corrected chi connectivity index (χ2v) is 11.1. The number of Topliss-reactive ketones (excluding diaryl/α,β-unsaturated/α-hetero) is 1. The summed E-state index contributed by atoms with van der Waals surface area (Å²) in [4.78, 5) is 39.4. The average Bonchev–Trinajstić information content (AvgIpc) is 3.07. The lowest BCUT2D eigenvalue weighted by Gasteiger charge is -2.44. The van der Waals surface area contributed by atoms with Gasteiger partial charge in [0.15, 0.2) is 11.4 Å². The van der Waals surface area contributed by atoms with Crippen molar-refractivity contribution in [2.45, 2.75) is 104 Å². The first-order valence-electron chi connectivity index (χ1n) is 12.3. The van der Waals surface area contributed by atoms with E-state index in [1.54, 1.807) is 13.8 Å². The molecule has 4 aliphatic heterocycles. The third kappa shape index (κ3) is 4.58. The minimum Gasteiger partial charge on any atom is -0.457 e. The van der Waals surface area contributed by atoms with Crippen molar-refractivity contribution in [3.63, 3.8) is 0 Å². The number of carbonyl (C=O) groups excluding carboxylic acids is 3. The van der Waals surface area contributed by atoms with Crippen LogP contribution in [0.5, 0.6) is 0 Å². The van der Waals surface area contributed by atoms with Crippen molar-refractivity contribution in [1.29, 1.82) is 0 Å². The van der Waals surface area contributed by atoms with E-state index in [0.29, 0.717) is 19.4 Å². The minimum atomic E-state index is -1.46. The molecule has 0 aliphatic carbocycles. The normalized spacial score (nSPS) is 47.7. The molecule has 0 unspecified atom stereocenters. The first-order valence-corrected chi connectivity index (χ1v) is 12.3. The van der Waals surface area contributed by atoms with Gasteiger partial charge in [-0.3, -0.25) is 14.4 Å². The van der Waals surface area contributed by atoms with Gasteiger partial charge in [0.05, 0.1) is 18.1 Å². The highest BCUT2D eigenvalue weighted by Crippen LogP contribution is 2.43. The van der Waals surface area contributed by atoms with Crippen LogP contribution in [0, 0.1) is 23.2 Å². The topological polar surface area (TPSA) is 111 Å². The molecule has 8 heteroatoms. The molecule has 0 saturated carbocycles. The summed E-state index contributed by atoms with van der Waals surface area (Å²) >= 11 is 0. The van der Waals surface area contributed by atoms with Gasteiger partial charge in [0.1, 0.15) is 11.5 Å². The van der Waals surface area contributed by atoms with E-state index in [2.05, 4.69) is 12.2 Å². The van der Waals surface area contributed by atoms with Gasteiger partial charge in [-0.05, 0) is 59.4 Å². The molecule has 2 N–H and O–H groups in total. The Labute approximate surface area is 197 Å². The molecule has 9 atom stereocenters. The molecule has 8 nitrogen and oxygen atoms in total. The van der Waals surface area contributed by atoms with Gasteiger partial charge in [0.25, 0.3) is 0 Å². The number of aliphatic hydroxyl groups excluding tert-OH is 1. The fourth-order valence-electron chi connectivity index (χ4n) is 6.13. The summed E-state index contributed by atoms with van der Waals surface area (Å²) in [5.74, 6) is -2.17. The van der Waals surface area contributed by atoms with Gasteiger partial charge in [-0.2, -0.15) is 0 Å². The Morgan fingerprint density at radius 2 is 1.79 bits per heavy atom. The van der Waals surface area contributed by atoms with Crippen LogP contribution in [0.4, 0.5) is 0 Å². The van der Waals surface area contributed by atoms with Gasteiger partial charge < -0.3 is 24.6 Å². The highest BCUT2D eigenvalue weighted by Gasteiger charge is 2.57. The lowest BCUT2D eigenvalue weighted by molar-refractivity contribution is -0.195.